The van der Waals surface area contributed by atoms with E-state index in [4.69, 9.17) is 0 Å². The minimum absolute atomic E-state index is 0.0765. The van der Waals surface area contributed by atoms with Gasteiger partial charge in [-0.2, -0.15) is 0 Å². The molecule has 0 aliphatic rings. The third-order valence-corrected chi connectivity index (χ3v) is 2.58. The van der Waals surface area contributed by atoms with Crippen molar-refractivity contribution in [2.24, 2.45) is 0 Å². The lowest BCUT2D eigenvalue weighted by atomic mass is 10.2. The molecule has 20 heavy (non-hydrogen) atoms. The molecule has 2 aromatic rings. The van der Waals surface area contributed by atoms with Gasteiger partial charge in [0.15, 0.2) is 0 Å². The first kappa shape index (κ1) is 13.5. The highest BCUT2D eigenvalue weighted by atomic mass is 16.6. The summed E-state index contributed by atoms with van der Waals surface area (Å²) in [5.41, 5.74) is 1.72. The van der Waals surface area contributed by atoms with Crippen molar-refractivity contribution >= 4 is 28.7 Å². The van der Waals surface area contributed by atoms with Crippen molar-refractivity contribution in [3.63, 3.8) is 0 Å². The molecule has 0 radical (unpaired) electrons. The molecule has 0 unspecified atom stereocenters. The number of nitro benzene ring substituents is 1. The first-order chi connectivity index (χ1) is 9.56. The van der Waals surface area contributed by atoms with E-state index in [0.717, 1.165) is 5.69 Å². The Morgan fingerprint density at radius 1 is 1.10 bits per heavy atom. The molecule has 0 saturated carbocycles. The molecule has 0 aromatic heterocycles. The molecule has 6 heteroatoms. The highest BCUT2D eigenvalue weighted by Crippen LogP contribution is 2.29. The van der Waals surface area contributed by atoms with Gasteiger partial charge in [-0.1, -0.05) is 18.2 Å². The van der Waals surface area contributed by atoms with Crippen LogP contribution in [0.1, 0.15) is 6.92 Å². The van der Waals surface area contributed by atoms with Crippen LogP contribution in [0.15, 0.2) is 48.5 Å². The fourth-order valence-electron chi connectivity index (χ4n) is 1.72. The molecule has 102 valence electrons. The zero-order valence-corrected chi connectivity index (χ0v) is 10.8. The molecule has 2 N–H and O–H groups in total. The number of non-ortho nitro benzene ring substituents is 1. The van der Waals surface area contributed by atoms with Gasteiger partial charge in [0.25, 0.3) is 5.69 Å². The molecular weight excluding hydrogens is 258 g/mol. The minimum Gasteiger partial charge on any atom is -0.354 e. The molecular formula is C14H13N3O3. The van der Waals surface area contributed by atoms with Crippen LogP contribution in [0.5, 0.6) is 0 Å². The van der Waals surface area contributed by atoms with Gasteiger partial charge in [-0.25, -0.2) is 0 Å². The number of amides is 1. The van der Waals surface area contributed by atoms with Crippen LogP contribution in [-0.2, 0) is 4.79 Å². The van der Waals surface area contributed by atoms with E-state index in [1.807, 2.05) is 30.3 Å². The van der Waals surface area contributed by atoms with Crippen LogP contribution in [0, 0.1) is 10.1 Å². The molecule has 2 rings (SSSR count). The fraction of sp³-hybridized carbons (Fsp3) is 0.0714. The number of benzene rings is 2. The summed E-state index contributed by atoms with van der Waals surface area (Å²) in [6.45, 7) is 1.35. The molecule has 0 bridgehead atoms. The van der Waals surface area contributed by atoms with Crippen molar-refractivity contribution in [1.82, 2.24) is 0 Å². The third-order valence-electron chi connectivity index (χ3n) is 2.58. The van der Waals surface area contributed by atoms with Gasteiger partial charge in [0, 0.05) is 24.7 Å². The maximum atomic E-state index is 11.2. The van der Waals surface area contributed by atoms with Gasteiger partial charge in [0.2, 0.25) is 5.91 Å². The molecule has 6 nitrogen and oxygen atoms in total. The van der Waals surface area contributed by atoms with Gasteiger partial charge in [0.1, 0.15) is 0 Å². The standard InChI is InChI=1S/C14H13N3O3/c1-10(18)15-14-9-12(17(19)20)7-8-13(14)16-11-5-3-2-4-6-11/h2-9,16H,1H3,(H,15,18). The number of anilines is 3. The Balaban J connectivity index is 2.36. The van der Waals surface area contributed by atoms with Crippen molar-refractivity contribution in [3.05, 3.63) is 58.6 Å². The van der Waals surface area contributed by atoms with Crippen LogP contribution >= 0.6 is 0 Å². The van der Waals surface area contributed by atoms with E-state index in [1.54, 1.807) is 6.07 Å². The van der Waals surface area contributed by atoms with E-state index in [9.17, 15) is 14.9 Å². The van der Waals surface area contributed by atoms with Crippen molar-refractivity contribution < 1.29 is 9.72 Å². The number of nitrogens with zero attached hydrogens (tertiary/aromatic N) is 1. The van der Waals surface area contributed by atoms with Crippen LogP contribution in [0.4, 0.5) is 22.7 Å². The van der Waals surface area contributed by atoms with Crippen LogP contribution < -0.4 is 10.6 Å². The first-order valence-corrected chi connectivity index (χ1v) is 5.94. The second-order valence-electron chi connectivity index (χ2n) is 4.16. The van der Waals surface area contributed by atoms with Crippen molar-refractivity contribution in [2.75, 3.05) is 10.6 Å². The Hall–Kier alpha value is -2.89. The SMILES string of the molecule is CC(=O)Nc1cc([N+](=O)[O-])ccc1Nc1ccccc1. The lowest BCUT2D eigenvalue weighted by Gasteiger charge is -2.12. The summed E-state index contributed by atoms with van der Waals surface area (Å²) < 4.78 is 0. The number of rotatable bonds is 4. The van der Waals surface area contributed by atoms with Gasteiger partial charge in [0.05, 0.1) is 16.3 Å². The Morgan fingerprint density at radius 3 is 2.40 bits per heavy atom. The molecule has 0 atom stereocenters. The molecule has 0 aliphatic heterocycles. The number of carbonyl (C=O) groups is 1. The maximum Gasteiger partial charge on any atom is 0.271 e. The number of para-hydroxylation sites is 1. The summed E-state index contributed by atoms with van der Waals surface area (Å²) in [5, 5.41) is 16.5. The zero-order valence-electron chi connectivity index (χ0n) is 10.8. The number of carbonyl (C=O) groups excluding carboxylic acids is 1. The second kappa shape index (κ2) is 5.83. The van der Waals surface area contributed by atoms with Gasteiger partial charge in [-0.05, 0) is 18.2 Å². The van der Waals surface area contributed by atoms with Crippen LogP contribution in [0.25, 0.3) is 0 Å². The van der Waals surface area contributed by atoms with Crippen molar-refractivity contribution in [1.29, 1.82) is 0 Å². The monoisotopic (exact) mass is 271 g/mol. The van der Waals surface area contributed by atoms with Gasteiger partial charge < -0.3 is 10.6 Å². The summed E-state index contributed by atoms with van der Waals surface area (Å²) in [6, 6.07) is 13.6. The topological polar surface area (TPSA) is 84.3 Å². The van der Waals surface area contributed by atoms with E-state index in [2.05, 4.69) is 10.6 Å². The van der Waals surface area contributed by atoms with E-state index in [0.29, 0.717) is 11.4 Å². The van der Waals surface area contributed by atoms with Gasteiger partial charge in [-0.3, -0.25) is 14.9 Å². The average molecular weight is 271 g/mol. The summed E-state index contributed by atoms with van der Waals surface area (Å²) in [4.78, 5) is 21.5. The molecule has 0 aliphatic carbocycles. The Morgan fingerprint density at radius 2 is 1.80 bits per heavy atom. The van der Waals surface area contributed by atoms with Crippen molar-refractivity contribution in [3.8, 4) is 0 Å². The van der Waals surface area contributed by atoms with Crippen LogP contribution in [0.3, 0.4) is 0 Å². The van der Waals surface area contributed by atoms with Crippen LogP contribution in [0.2, 0.25) is 0 Å². The van der Waals surface area contributed by atoms with Crippen molar-refractivity contribution in [2.45, 2.75) is 6.92 Å². The van der Waals surface area contributed by atoms with E-state index < -0.39 is 4.92 Å². The summed E-state index contributed by atoms with van der Waals surface area (Å²) in [6.07, 6.45) is 0. The van der Waals surface area contributed by atoms with Crippen LogP contribution in [-0.4, -0.2) is 10.8 Å². The smallest absolute Gasteiger partial charge is 0.271 e. The number of nitro groups is 1. The van der Waals surface area contributed by atoms with Gasteiger partial charge in [-0.15, -0.1) is 0 Å². The number of nitrogens with one attached hydrogen (secondary N) is 2. The van der Waals surface area contributed by atoms with E-state index >= 15 is 0 Å². The number of hydrogen-bond donors (Lipinski definition) is 2. The predicted octanol–water partition coefficient (Wildman–Crippen LogP) is 3.30. The molecule has 0 spiro atoms. The largest absolute Gasteiger partial charge is 0.354 e. The highest BCUT2D eigenvalue weighted by molar-refractivity contribution is 5.94. The Labute approximate surface area is 115 Å². The molecule has 2 aromatic carbocycles. The molecule has 0 heterocycles. The normalized spacial score (nSPS) is 9.85. The minimum atomic E-state index is -0.502. The third kappa shape index (κ3) is 3.32. The number of hydrogen-bond acceptors (Lipinski definition) is 4. The molecule has 1 amide bonds. The summed E-state index contributed by atoms with van der Waals surface area (Å²) in [5.74, 6) is -0.290. The van der Waals surface area contributed by atoms with E-state index in [-0.39, 0.29) is 11.6 Å². The lowest BCUT2D eigenvalue weighted by molar-refractivity contribution is -0.384. The first-order valence-electron chi connectivity index (χ1n) is 5.94. The fourth-order valence-corrected chi connectivity index (χ4v) is 1.72. The summed E-state index contributed by atoms with van der Waals surface area (Å²) >= 11 is 0. The maximum absolute atomic E-state index is 11.2. The zero-order chi connectivity index (χ0) is 14.5. The lowest BCUT2D eigenvalue weighted by Crippen LogP contribution is -2.08. The van der Waals surface area contributed by atoms with Gasteiger partial charge >= 0.3 is 0 Å². The quantitative estimate of drug-likeness (QED) is 0.660. The Bertz CT molecular complexity index is 641. The highest BCUT2D eigenvalue weighted by Gasteiger charge is 2.11. The summed E-state index contributed by atoms with van der Waals surface area (Å²) in [7, 11) is 0. The molecule has 0 fully saturated rings. The predicted molar refractivity (Wildman–Crippen MR) is 77.1 cm³/mol. The second-order valence-corrected chi connectivity index (χ2v) is 4.16. The molecule has 0 saturated heterocycles. The average Bonchev–Trinajstić information content (AvgIpc) is 2.41. The Kier molecular flexibility index (Phi) is 3.95. The van der Waals surface area contributed by atoms with E-state index in [1.165, 1.54) is 19.1 Å².